The maximum atomic E-state index is 12.0. The first-order chi connectivity index (χ1) is 8.90. The van der Waals surface area contributed by atoms with Crippen molar-refractivity contribution < 1.29 is 18.1 Å². The Morgan fingerprint density at radius 2 is 2.16 bits per heavy atom. The normalized spacial score (nSPS) is 19.6. The van der Waals surface area contributed by atoms with E-state index in [9.17, 15) is 23.3 Å². The highest BCUT2D eigenvalue weighted by atomic mass is 32.2. The second kappa shape index (κ2) is 5.27. The van der Waals surface area contributed by atoms with Crippen LogP contribution < -0.4 is 4.72 Å². The van der Waals surface area contributed by atoms with Crippen molar-refractivity contribution in [2.24, 2.45) is 0 Å². The lowest BCUT2D eigenvalue weighted by atomic mass is 10.3. The summed E-state index contributed by atoms with van der Waals surface area (Å²) in [6, 6.07) is 3.96. The summed E-state index contributed by atoms with van der Waals surface area (Å²) >= 11 is 1.08. The molecule has 1 atom stereocenters. The molecular weight excluding hydrogens is 292 g/mol. The van der Waals surface area contributed by atoms with Gasteiger partial charge in [0.2, 0.25) is 15.1 Å². The first-order valence-corrected chi connectivity index (χ1v) is 7.80. The number of carbonyl (C=O) groups excluding carboxylic acids is 1. The van der Waals surface area contributed by atoms with E-state index in [1.807, 2.05) is 0 Å². The zero-order chi connectivity index (χ0) is 14.0. The van der Waals surface area contributed by atoms with Crippen LogP contribution in [-0.4, -0.2) is 30.3 Å². The van der Waals surface area contributed by atoms with Crippen molar-refractivity contribution in [3.8, 4) is 0 Å². The third-order valence-electron chi connectivity index (χ3n) is 2.57. The zero-order valence-electron chi connectivity index (χ0n) is 9.61. The molecule has 102 valence electrons. The van der Waals surface area contributed by atoms with Gasteiger partial charge in [0.1, 0.15) is 0 Å². The fraction of sp³-hybridized carbons (Fsp3) is 0.300. The Labute approximate surface area is 113 Å². The molecule has 0 unspecified atom stereocenters. The quantitative estimate of drug-likeness (QED) is 0.654. The van der Waals surface area contributed by atoms with Gasteiger partial charge in [-0.05, 0) is 12.5 Å². The lowest BCUT2D eigenvalue weighted by Gasteiger charge is -2.10. The number of hydrogen-bond donors (Lipinski definition) is 1. The van der Waals surface area contributed by atoms with Gasteiger partial charge in [-0.2, -0.15) is 4.72 Å². The molecule has 1 saturated heterocycles. The Kier molecular flexibility index (Phi) is 3.88. The molecule has 19 heavy (non-hydrogen) atoms. The van der Waals surface area contributed by atoms with Gasteiger partial charge >= 0.3 is 0 Å². The predicted octanol–water partition coefficient (Wildman–Crippen LogP) is 0.905. The summed E-state index contributed by atoms with van der Waals surface area (Å²) in [6.45, 7) is 0. The number of nitrogens with one attached hydrogen (secondary N) is 1. The predicted molar refractivity (Wildman–Crippen MR) is 69.3 cm³/mol. The van der Waals surface area contributed by atoms with Crippen LogP contribution in [0.4, 0.5) is 5.69 Å². The van der Waals surface area contributed by atoms with Crippen LogP contribution in [0.15, 0.2) is 29.2 Å². The molecule has 0 amide bonds. The van der Waals surface area contributed by atoms with Crippen LogP contribution in [0.1, 0.15) is 6.42 Å². The molecule has 7 nitrogen and oxygen atoms in total. The number of carbonyl (C=O) groups is 1. The Hall–Kier alpha value is -1.45. The van der Waals surface area contributed by atoms with Gasteiger partial charge in [-0.25, -0.2) is 8.42 Å². The number of nitro benzene ring substituents is 1. The van der Waals surface area contributed by atoms with Crippen molar-refractivity contribution in [3.05, 3.63) is 34.4 Å². The van der Waals surface area contributed by atoms with Gasteiger partial charge in [0.05, 0.1) is 15.9 Å². The number of sulfonamides is 1. The average Bonchev–Trinajstić information content (AvgIpc) is 2.74. The summed E-state index contributed by atoms with van der Waals surface area (Å²) in [7, 11) is -3.92. The van der Waals surface area contributed by atoms with Crippen LogP contribution in [0, 0.1) is 10.1 Å². The molecule has 1 heterocycles. The number of benzene rings is 1. The molecular formula is C10H10N2O5S2. The fourth-order valence-corrected chi connectivity index (χ4v) is 3.90. The number of rotatable bonds is 4. The number of nitro groups is 1. The summed E-state index contributed by atoms with van der Waals surface area (Å²) in [5.74, 6) is 0.570. The van der Waals surface area contributed by atoms with E-state index in [2.05, 4.69) is 4.72 Å². The van der Waals surface area contributed by atoms with Gasteiger partial charge in [0, 0.05) is 17.9 Å². The van der Waals surface area contributed by atoms with Crippen molar-refractivity contribution in [2.45, 2.75) is 17.4 Å². The lowest BCUT2D eigenvalue weighted by molar-refractivity contribution is -0.385. The van der Waals surface area contributed by atoms with Crippen molar-refractivity contribution in [1.29, 1.82) is 0 Å². The Morgan fingerprint density at radius 3 is 2.74 bits per heavy atom. The molecule has 1 N–H and O–H groups in total. The monoisotopic (exact) mass is 302 g/mol. The molecule has 9 heteroatoms. The minimum Gasteiger partial charge on any atom is -0.285 e. The van der Waals surface area contributed by atoms with Gasteiger partial charge in [0.25, 0.3) is 5.69 Å². The zero-order valence-corrected chi connectivity index (χ0v) is 11.2. The standard InChI is InChI=1S/C10H10N2O5S2/c13-10-9(4-5-18-10)11-19(16,17)8-3-1-2-7(6-8)12(14)15/h1-3,6,9,11H,4-5H2/t9-/m1/s1. The molecule has 0 spiro atoms. The van der Waals surface area contributed by atoms with E-state index in [0.29, 0.717) is 12.2 Å². The van der Waals surface area contributed by atoms with Crippen LogP contribution in [0.3, 0.4) is 0 Å². The summed E-state index contributed by atoms with van der Waals surface area (Å²) in [5, 5.41) is 10.4. The van der Waals surface area contributed by atoms with E-state index in [0.717, 1.165) is 17.8 Å². The molecule has 0 radical (unpaired) electrons. The lowest BCUT2D eigenvalue weighted by Crippen LogP contribution is -2.37. The van der Waals surface area contributed by atoms with E-state index < -0.39 is 21.0 Å². The smallest absolute Gasteiger partial charge is 0.270 e. The van der Waals surface area contributed by atoms with Crippen molar-refractivity contribution in [2.75, 3.05) is 5.75 Å². The fourth-order valence-electron chi connectivity index (χ4n) is 1.62. The van der Waals surface area contributed by atoms with E-state index >= 15 is 0 Å². The minimum absolute atomic E-state index is 0.216. The molecule has 0 bridgehead atoms. The maximum Gasteiger partial charge on any atom is 0.270 e. The van der Waals surface area contributed by atoms with E-state index in [1.54, 1.807) is 0 Å². The molecule has 0 aliphatic carbocycles. The Bertz CT molecular complexity index is 629. The van der Waals surface area contributed by atoms with Crippen molar-refractivity contribution in [3.63, 3.8) is 0 Å². The Balaban J connectivity index is 2.26. The Morgan fingerprint density at radius 1 is 1.42 bits per heavy atom. The van der Waals surface area contributed by atoms with Crippen molar-refractivity contribution >= 4 is 32.6 Å². The molecule has 1 aliphatic heterocycles. The van der Waals surface area contributed by atoms with E-state index in [1.165, 1.54) is 18.2 Å². The highest BCUT2D eigenvalue weighted by Gasteiger charge is 2.30. The second-order valence-corrected chi connectivity index (χ2v) is 6.70. The third-order valence-corrected chi connectivity index (χ3v) is 5.05. The second-order valence-electron chi connectivity index (χ2n) is 3.88. The largest absolute Gasteiger partial charge is 0.285 e. The SMILES string of the molecule is O=C1SCC[C@H]1NS(=O)(=O)c1cccc([N+](=O)[O-])c1. The topological polar surface area (TPSA) is 106 Å². The van der Waals surface area contributed by atoms with Gasteiger partial charge in [-0.3, -0.25) is 14.9 Å². The first-order valence-electron chi connectivity index (χ1n) is 5.33. The summed E-state index contributed by atoms with van der Waals surface area (Å²) in [4.78, 5) is 21.1. The van der Waals surface area contributed by atoms with Crippen LogP contribution in [-0.2, 0) is 14.8 Å². The molecule has 1 aliphatic rings. The highest BCUT2D eigenvalue weighted by Crippen LogP contribution is 2.22. The van der Waals surface area contributed by atoms with E-state index in [4.69, 9.17) is 0 Å². The molecule has 2 rings (SSSR count). The van der Waals surface area contributed by atoms with Gasteiger partial charge in [0.15, 0.2) is 0 Å². The van der Waals surface area contributed by atoms with Gasteiger partial charge < -0.3 is 0 Å². The molecule has 1 aromatic rings. The van der Waals surface area contributed by atoms with E-state index in [-0.39, 0.29) is 15.7 Å². The number of nitrogens with zero attached hydrogens (tertiary/aromatic N) is 1. The van der Waals surface area contributed by atoms with Gasteiger partial charge in [-0.1, -0.05) is 17.8 Å². The number of hydrogen-bond acceptors (Lipinski definition) is 6. The summed E-state index contributed by atoms with van der Waals surface area (Å²) in [6.07, 6.45) is 0.428. The molecule has 0 aromatic heterocycles. The van der Waals surface area contributed by atoms with Crippen LogP contribution in [0.5, 0.6) is 0 Å². The van der Waals surface area contributed by atoms with Gasteiger partial charge in [-0.15, -0.1) is 0 Å². The summed E-state index contributed by atoms with van der Waals surface area (Å²) < 4.78 is 26.3. The maximum absolute atomic E-state index is 12.0. The van der Waals surface area contributed by atoms with Crippen LogP contribution >= 0.6 is 11.8 Å². The minimum atomic E-state index is -3.92. The van der Waals surface area contributed by atoms with Crippen LogP contribution in [0.25, 0.3) is 0 Å². The highest BCUT2D eigenvalue weighted by molar-refractivity contribution is 8.14. The molecule has 0 saturated carbocycles. The number of non-ortho nitro benzene ring substituents is 1. The summed E-state index contributed by atoms with van der Waals surface area (Å²) in [5.41, 5.74) is -0.310. The molecule has 1 fully saturated rings. The van der Waals surface area contributed by atoms with Crippen LogP contribution in [0.2, 0.25) is 0 Å². The van der Waals surface area contributed by atoms with Crippen molar-refractivity contribution in [1.82, 2.24) is 4.72 Å². The number of thioether (sulfide) groups is 1. The third kappa shape index (κ3) is 3.11. The first kappa shape index (κ1) is 14.0. The average molecular weight is 302 g/mol. The molecule has 1 aromatic carbocycles.